The first-order valence-corrected chi connectivity index (χ1v) is 14.5. The second kappa shape index (κ2) is 12.2. The van der Waals surface area contributed by atoms with E-state index in [0.29, 0.717) is 47.5 Å². The highest BCUT2D eigenvalue weighted by molar-refractivity contribution is 6.12. The fraction of sp³-hybridized carbons (Fsp3) is 0.303. The number of benzene rings is 3. The predicted molar refractivity (Wildman–Crippen MR) is 158 cm³/mol. The molecule has 0 saturated carbocycles. The standard InChI is InChI=1S/C33H32FN3O6/c1-2-41-24-11-13-28-25(18-24)30(31(43-28)20-6-4-3-5-7-20)33(40)37-22-9-10-23(37)19-36-32(39)26-16-21(34)8-12-27(26)42-15-14-35-29(38)17-22/h3-8,11-13,16,18,22-23H,2,9-10,14-15,17,19H2,1H3,(H,35,38)(H,36,39)/t22-,23+/m0/s1. The van der Waals surface area contributed by atoms with Gasteiger partial charge in [-0.15, -0.1) is 0 Å². The van der Waals surface area contributed by atoms with Gasteiger partial charge in [-0.2, -0.15) is 0 Å². The number of nitrogens with one attached hydrogen (secondary N) is 2. The Kier molecular flexibility index (Phi) is 8.00. The molecule has 3 aromatic carbocycles. The van der Waals surface area contributed by atoms with Crippen LogP contribution in [0, 0.1) is 5.82 Å². The molecule has 10 heteroatoms. The number of halogens is 1. The van der Waals surface area contributed by atoms with Crippen LogP contribution in [0.2, 0.25) is 0 Å². The smallest absolute Gasteiger partial charge is 0.259 e. The number of furan rings is 1. The van der Waals surface area contributed by atoms with Crippen LogP contribution in [0.5, 0.6) is 11.5 Å². The summed E-state index contributed by atoms with van der Waals surface area (Å²) < 4.78 is 31.8. The lowest BCUT2D eigenvalue weighted by molar-refractivity contribution is -0.122. The van der Waals surface area contributed by atoms with E-state index in [4.69, 9.17) is 13.9 Å². The highest BCUT2D eigenvalue weighted by Crippen LogP contribution is 2.39. The number of nitrogens with zero attached hydrogens (tertiary/aromatic N) is 1. The number of rotatable bonds is 4. The molecule has 1 fully saturated rings. The molecule has 43 heavy (non-hydrogen) atoms. The van der Waals surface area contributed by atoms with Crippen LogP contribution in [0.15, 0.2) is 71.1 Å². The Morgan fingerprint density at radius 3 is 2.65 bits per heavy atom. The Hall–Kier alpha value is -4.86. The van der Waals surface area contributed by atoms with Gasteiger partial charge in [0.2, 0.25) is 5.91 Å². The molecule has 1 saturated heterocycles. The lowest BCUT2D eigenvalue weighted by Crippen LogP contribution is -2.48. The number of fused-ring (bicyclic) bond motifs is 4. The number of hydrogen-bond donors (Lipinski definition) is 2. The molecule has 0 radical (unpaired) electrons. The first kappa shape index (κ1) is 28.3. The summed E-state index contributed by atoms with van der Waals surface area (Å²) in [6, 6.07) is 17.7. The van der Waals surface area contributed by atoms with Crippen LogP contribution in [0.3, 0.4) is 0 Å². The van der Waals surface area contributed by atoms with Crippen LogP contribution in [0.1, 0.15) is 46.9 Å². The van der Waals surface area contributed by atoms with Crippen molar-refractivity contribution in [3.8, 4) is 22.8 Å². The number of amides is 3. The summed E-state index contributed by atoms with van der Waals surface area (Å²) in [5.74, 6) is -0.363. The Morgan fingerprint density at radius 1 is 1.02 bits per heavy atom. The van der Waals surface area contributed by atoms with Crippen LogP contribution in [0.4, 0.5) is 4.39 Å². The van der Waals surface area contributed by atoms with E-state index in [0.717, 1.165) is 11.6 Å². The van der Waals surface area contributed by atoms with Crippen LogP contribution < -0.4 is 20.1 Å². The lowest BCUT2D eigenvalue weighted by Gasteiger charge is -2.31. The zero-order valence-electron chi connectivity index (χ0n) is 23.7. The average Bonchev–Trinajstić information content (AvgIpc) is 3.59. The summed E-state index contributed by atoms with van der Waals surface area (Å²) in [5, 5.41) is 6.32. The highest BCUT2D eigenvalue weighted by atomic mass is 19.1. The molecule has 0 unspecified atom stereocenters. The Balaban J connectivity index is 1.41. The summed E-state index contributed by atoms with van der Waals surface area (Å²) in [6.07, 6.45) is 1.23. The number of carbonyl (C=O) groups excluding carboxylic acids is 3. The van der Waals surface area contributed by atoms with Gasteiger partial charge >= 0.3 is 0 Å². The van der Waals surface area contributed by atoms with Gasteiger partial charge in [0.25, 0.3) is 11.8 Å². The summed E-state index contributed by atoms with van der Waals surface area (Å²) in [4.78, 5) is 42.6. The maximum atomic E-state index is 14.7. The van der Waals surface area contributed by atoms with Crippen LogP contribution in [-0.4, -0.2) is 61.0 Å². The van der Waals surface area contributed by atoms with E-state index in [1.54, 1.807) is 23.1 Å². The molecule has 222 valence electrons. The van der Waals surface area contributed by atoms with Crippen molar-refractivity contribution in [1.82, 2.24) is 15.5 Å². The van der Waals surface area contributed by atoms with Crippen molar-refractivity contribution >= 4 is 28.7 Å². The number of carbonyl (C=O) groups is 3. The minimum Gasteiger partial charge on any atom is -0.494 e. The molecule has 0 spiro atoms. The molecular formula is C33H32FN3O6. The first-order chi connectivity index (χ1) is 20.9. The molecule has 4 aromatic rings. The summed E-state index contributed by atoms with van der Waals surface area (Å²) in [5.41, 5.74) is 1.68. The predicted octanol–water partition coefficient (Wildman–Crippen LogP) is 4.94. The molecule has 2 N–H and O–H groups in total. The van der Waals surface area contributed by atoms with E-state index < -0.39 is 23.8 Å². The van der Waals surface area contributed by atoms with E-state index >= 15 is 0 Å². The number of hydrogen-bond acceptors (Lipinski definition) is 6. The van der Waals surface area contributed by atoms with Crippen LogP contribution in [-0.2, 0) is 4.79 Å². The van der Waals surface area contributed by atoms with Gasteiger partial charge in [-0.05, 0) is 56.2 Å². The first-order valence-electron chi connectivity index (χ1n) is 14.5. The Labute approximate surface area is 247 Å². The van der Waals surface area contributed by atoms with Crippen molar-refractivity contribution in [2.75, 3.05) is 26.3 Å². The van der Waals surface area contributed by atoms with Gasteiger partial charge < -0.3 is 29.4 Å². The van der Waals surface area contributed by atoms with E-state index in [1.807, 2.05) is 37.3 Å². The molecule has 2 aliphatic rings. The van der Waals surface area contributed by atoms with E-state index in [9.17, 15) is 18.8 Å². The maximum absolute atomic E-state index is 14.7. The molecule has 1 aromatic heterocycles. The third kappa shape index (κ3) is 5.77. The molecule has 2 bridgehead atoms. The topological polar surface area (TPSA) is 110 Å². The molecule has 3 heterocycles. The third-order valence-electron chi connectivity index (χ3n) is 7.86. The largest absolute Gasteiger partial charge is 0.494 e. The van der Waals surface area contributed by atoms with Gasteiger partial charge in [-0.1, -0.05) is 30.3 Å². The molecule has 9 nitrogen and oxygen atoms in total. The van der Waals surface area contributed by atoms with Gasteiger partial charge in [-0.3, -0.25) is 14.4 Å². The normalized spacial score (nSPS) is 19.2. The van der Waals surface area contributed by atoms with Gasteiger partial charge in [-0.25, -0.2) is 4.39 Å². The van der Waals surface area contributed by atoms with Crippen LogP contribution in [0.25, 0.3) is 22.3 Å². The fourth-order valence-corrected chi connectivity index (χ4v) is 5.91. The quantitative estimate of drug-likeness (QED) is 0.351. The van der Waals surface area contributed by atoms with Gasteiger partial charge in [0.05, 0.1) is 24.3 Å². The second-order valence-electron chi connectivity index (χ2n) is 10.6. The molecule has 6 rings (SSSR count). The summed E-state index contributed by atoms with van der Waals surface area (Å²) in [7, 11) is 0. The van der Waals surface area contributed by atoms with Gasteiger partial charge in [0.15, 0.2) is 0 Å². The fourth-order valence-electron chi connectivity index (χ4n) is 5.91. The highest BCUT2D eigenvalue weighted by Gasteiger charge is 2.41. The lowest BCUT2D eigenvalue weighted by atomic mass is 10.0. The monoisotopic (exact) mass is 585 g/mol. The van der Waals surface area contributed by atoms with Crippen molar-refractivity contribution in [1.29, 1.82) is 0 Å². The van der Waals surface area contributed by atoms with E-state index in [-0.39, 0.29) is 49.2 Å². The van der Waals surface area contributed by atoms with Gasteiger partial charge in [0, 0.05) is 36.0 Å². The maximum Gasteiger partial charge on any atom is 0.259 e. The van der Waals surface area contributed by atoms with Crippen molar-refractivity contribution in [3.05, 3.63) is 83.7 Å². The zero-order valence-corrected chi connectivity index (χ0v) is 23.7. The molecule has 0 aliphatic carbocycles. The average molecular weight is 586 g/mol. The minimum absolute atomic E-state index is 0.0476. The number of ether oxygens (including phenoxy) is 2. The molecule has 3 amide bonds. The van der Waals surface area contributed by atoms with Crippen LogP contribution >= 0.6 is 0 Å². The summed E-state index contributed by atoms with van der Waals surface area (Å²) in [6.45, 7) is 2.74. The Bertz CT molecular complexity index is 1670. The molecular weight excluding hydrogens is 553 g/mol. The Morgan fingerprint density at radius 2 is 1.84 bits per heavy atom. The molecule has 2 aliphatic heterocycles. The SMILES string of the molecule is CCOc1ccc2oc(-c3ccccc3)c(C(=O)N3[C@@H]4CC[C@H]3CC(=O)NCCOc3ccc(F)cc3C(=O)NC4)c2c1. The molecule has 2 atom stereocenters. The van der Waals surface area contributed by atoms with Crippen molar-refractivity contribution < 1.29 is 32.7 Å². The van der Waals surface area contributed by atoms with Crippen molar-refractivity contribution in [2.45, 2.75) is 38.3 Å². The minimum atomic E-state index is -0.573. The van der Waals surface area contributed by atoms with E-state index in [1.165, 1.54) is 12.1 Å². The van der Waals surface area contributed by atoms with Crippen molar-refractivity contribution in [3.63, 3.8) is 0 Å². The second-order valence-corrected chi connectivity index (χ2v) is 10.6. The van der Waals surface area contributed by atoms with Gasteiger partial charge in [0.1, 0.15) is 35.3 Å². The summed E-state index contributed by atoms with van der Waals surface area (Å²) >= 11 is 0. The van der Waals surface area contributed by atoms with Crippen molar-refractivity contribution in [2.24, 2.45) is 0 Å². The zero-order chi connectivity index (χ0) is 29.9. The third-order valence-corrected chi connectivity index (χ3v) is 7.86. The van der Waals surface area contributed by atoms with E-state index in [2.05, 4.69) is 10.6 Å².